The van der Waals surface area contributed by atoms with Gasteiger partial charge >= 0.3 is 0 Å². The summed E-state index contributed by atoms with van der Waals surface area (Å²) in [5, 5.41) is 5.67. The SMILES string of the molecule is CC(=O)N[C@H](C(=O)Nc1ccc2c(c1)CCC2)C(C)(C)C. The number of hydrogen-bond acceptors (Lipinski definition) is 2. The van der Waals surface area contributed by atoms with Gasteiger partial charge < -0.3 is 10.6 Å². The van der Waals surface area contributed by atoms with E-state index < -0.39 is 6.04 Å². The van der Waals surface area contributed by atoms with E-state index in [1.165, 1.54) is 24.5 Å². The van der Waals surface area contributed by atoms with E-state index >= 15 is 0 Å². The van der Waals surface area contributed by atoms with Gasteiger partial charge in [0.1, 0.15) is 6.04 Å². The molecule has 21 heavy (non-hydrogen) atoms. The lowest BCUT2D eigenvalue weighted by molar-refractivity contribution is -0.127. The predicted molar refractivity (Wildman–Crippen MR) is 84.2 cm³/mol. The third-order valence-electron chi connectivity index (χ3n) is 3.84. The molecule has 0 radical (unpaired) electrons. The molecule has 2 amide bonds. The van der Waals surface area contributed by atoms with Crippen molar-refractivity contribution in [2.75, 3.05) is 5.32 Å². The van der Waals surface area contributed by atoms with Gasteiger partial charge in [0.15, 0.2) is 0 Å². The van der Waals surface area contributed by atoms with Gasteiger partial charge in [-0.2, -0.15) is 0 Å². The molecule has 0 fully saturated rings. The molecule has 1 aliphatic rings. The number of nitrogens with one attached hydrogen (secondary N) is 2. The van der Waals surface area contributed by atoms with E-state index in [9.17, 15) is 9.59 Å². The first-order valence-electron chi connectivity index (χ1n) is 7.47. The first kappa shape index (κ1) is 15.5. The highest BCUT2D eigenvalue weighted by atomic mass is 16.2. The van der Waals surface area contributed by atoms with Crippen molar-refractivity contribution in [1.29, 1.82) is 0 Å². The fourth-order valence-corrected chi connectivity index (χ4v) is 2.74. The summed E-state index contributed by atoms with van der Waals surface area (Å²) in [7, 11) is 0. The van der Waals surface area contributed by atoms with E-state index in [2.05, 4.69) is 16.7 Å². The van der Waals surface area contributed by atoms with E-state index in [0.717, 1.165) is 18.5 Å². The molecule has 1 aromatic carbocycles. The number of anilines is 1. The van der Waals surface area contributed by atoms with Crippen LogP contribution in [-0.2, 0) is 22.4 Å². The van der Waals surface area contributed by atoms with Crippen molar-refractivity contribution in [3.05, 3.63) is 29.3 Å². The van der Waals surface area contributed by atoms with Crippen LogP contribution in [0.4, 0.5) is 5.69 Å². The summed E-state index contributed by atoms with van der Waals surface area (Å²) in [6.45, 7) is 7.25. The molecule has 114 valence electrons. The van der Waals surface area contributed by atoms with Crippen LogP contribution in [0, 0.1) is 5.41 Å². The van der Waals surface area contributed by atoms with Crippen molar-refractivity contribution in [2.45, 2.75) is 53.0 Å². The van der Waals surface area contributed by atoms with Gasteiger partial charge in [0.05, 0.1) is 0 Å². The standard InChI is InChI=1S/C17H24N2O2/c1-11(20)18-15(17(2,3)4)16(21)19-14-9-8-12-6-5-7-13(12)10-14/h8-10,15H,5-7H2,1-4H3,(H,18,20)(H,19,21)/t15-/m1/s1. The molecule has 0 unspecified atom stereocenters. The van der Waals surface area contributed by atoms with E-state index in [4.69, 9.17) is 0 Å². The van der Waals surface area contributed by atoms with Crippen molar-refractivity contribution in [1.82, 2.24) is 5.32 Å². The Bertz CT molecular complexity index is 558. The van der Waals surface area contributed by atoms with E-state index in [-0.39, 0.29) is 17.2 Å². The Morgan fingerprint density at radius 3 is 2.43 bits per heavy atom. The van der Waals surface area contributed by atoms with Crippen LogP contribution in [0.25, 0.3) is 0 Å². The Morgan fingerprint density at radius 2 is 1.81 bits per heavy atom. The van der Waals surface area contributed by atoms with Crippen LogP contribution in [0.3, 0.4) is 0 Å². The number of amides is 2. The Morgan fingerprint density at radius 1 is 1.14 bits per heavy atom. The molecule has 0 aromatic heterocycles. The van der Waals surface area contributed by atoms with E-state index in [0.29, 0.717) is 0 Å². The normalized spacial score (nSPS) is 15.2. The van der Waals surface area contributed by atoms with Crippen LogP contribution in [0.1, 0.15) is 45.2 Å². The Hall–Kier alpha value is -1.84. The molecule has 0 saturated carbocycles. The smallest absolute Gasteiger partial charge is 0.247 e. The molecule has 0 heterocycles. The number of hydrogen-bond donors (Lipinski definition) is 2. The lowest BCUT2D eigenvalue weighted by Crippen LogP contribution is -2.50. The van der Waals surface area contributed by atoms with Gasteiger partial charge in [-0.1, -0.05) is 26.8 Å². The average molecular weight is 288 g/mol. The first-order chi connectivity index (χ1) is 9.77. The number of benzene rings is 1. The topological polar surface area (TPSA) is 58.2 Å². The zero-order valence-corrected chi connectivity index (χ0v) is 13.2. The molecule has 2 rings (SSSR count). The van der Waals surface area contributed by atoms with Gasteiger partial charge in [0, 0.05) is 12.6 Å². The molecule has 1 aromatic rings. The molecular formula is C17H24N2O2. The van der Waals surface area contributed by atoms with Crippen LogP contribution >= 0.6 is 0 Å². The summed E-state index contributed by atoms with van der Waals surface area (Å²) in [6, 6.07) is 5.52. The maximum atomic E-state index is 12.5. The molecule has 4 nitrogen and oxygen atoms in total. The van der Waals surface area contributed by atoms with Gasteiger partial charge in [-0.25, -0.2) is 0 Å². The monoisotopic (exact) mass is 288 g/mol. The summed E-state index contributed by atoms with van der Waals surface area (Å²) < 4.78 is 0. The van der Waals surface area contributed by atoms with Crippen molar-refractivity contribution >= 4 is 17.5 Å². The molecule has 2 N–H and O–H groups in total. The molecular weight excluding hydrogens is 264 g/mol. The summed E-state index contributed by atoms with van der Waals surface area (Å²) in [4.78, 5) is 23.8. The number of rotatable bonds is 3. The van der Waals surface area contributed by atoms with Gasteiger partial charge in [-0.3, -0.25) is 9.59 Å². The van der Waals surface area contributed by atoms with Crippen molar-refractivity contribution in [3.8, 4) is 0 Å². The van der Waals surface area contributed by atoms with Crippen molar-refractivity contribution in [2.24, 2.45) is 5.41 Å². The van der Waals surface area contributed by atoms with Crippen LogP contribution in [-0.4, -0.2) is 17.9 Å². The highest BCUT2D eigenvalue weighted by Gasteiger charge is 2.32. The van der Waals surface area contributed by atoms with E-state index in [1.54, 1.807) is 0 Å². The fraction of sp³-hybridized carbons (Fsp3) is 0.529. The average Bonchev–Trinajstić information content (AvgIpc) is 2.81. The minimum atomic E-state index is -0.553. The van der Waals surface area contributed by atoms with Crippen LogP contribution in [0.5, 0.6) is 0 Å². The zero-order valence-electron chi connectivity index (χ0n) is 13.2. The summed E-state index contributed by atoms with van der Waals surface area (Å²) >= 11 is 0. The molecule has 0 aliphatic heterocycles. The molecule has 4 heteroatoms. The van der Waals surface area contributed by atoms with Gasteiger partial charge in [-0.15, -0.1) is 0 Å². The molecule has 1 atom stereocenters. The van der Waals surface area contributed by atoms with Crippen LogP contribution in [0.2, 0.25) is 0 Å². The Labute approximate surface area is 126 Å². The van der Waals surface area contributed by atoms with Crippen molar-refractivity contribution < 1.29 is 9.59 Å². The zero-order chi connectivity index (χ0) is 15.6. The number of aryl methyl sites for hydroxylation is 2. The lowest BCUT2D eigenvalue weighted by Gasteiger charge is -2.30. The molecule has 0 spiro atoms. The Balaban J connectivity index is 2.13. The quantitative estimate of drug-likeness (QED) is 0.898. The second kappa shape index (κ2) is 5.88. The second-order valence-electron chi connectivity index (χ2n) is 6.83. The van der Waals surface area contributed by atoms with Gasteiger partial charge in [0.25, 0.3) is 0 Å². The largest absolute Gasteiger partial charge is 0.344 e. The molecule has 0 saturated heterocycles. The maximum absolute atomic E-state index is 12.5. The summed E-state index contributed by atoms with van der Waals surface area (Å²) in [6.07, 6.45) is 3.39. The van der Waals surface area contributed by atoms with Crippen LogP contribution < -0.4 is 10.6 Å². The van der Waals surface area contributed by atoms with Crippen molar-refractivity contribution in [3.63, 3.8) is 0 Å². The van der Waals surface area contributed by atoms with Gasteiger partial charge in [0.2, 0.25) is 11.8 Å². The molecule has 0 bridgehead atoms. The van der Waals surface area contributed by atoms with E-state index in [1.807, 2.05) is 32.9 Å². The second-order valence-corrected chi connectivity index (χ2v) is 6.83. The minimum absolute atomic E-state index is 0.171. The summed E-state index contributed by atoms with van der Waals surface area (Å²) in [5.41, 5.74) is 3.16. The number of fused-ring (bicyclic) bond motifs is 1. The summed E-state index contributed by atoms with van der Waals surface area (Å²) in [5.74, 6) is -0.366. The number of carbonyl (C=O) groups is 2. The molecule has 1 aliphatic carbocycles. The van der Waals surface area contributed by atoms with Gasteiger partial charge in [-0.05, 0) is 47.9 Å². The predicted octanol–water partition coefficient (Wildman–Crippen LogP) is 2.66. The maximum Gasteiger partial charge on any atom is 0.247 e. The number of carbonyl (C=O) groups excluding carboxylic acids is 2. The minimum Gasteiger partial charge on any atom is -0.344 e. The highest BCUT2D eigenvalue weighted by Crippen LogP contribution is 2.26. The lowest BCUT2D eigenvalue weighted by atomic mass is 9.86. The Kier molecular flexibility index (Phi) is 4.35. The highest BCUT2D eigenvalue weighted by molar-refractivity contribution is 5.97. The fourth-order valence-electron chi connectivity index (χ4n) is 2.74. The first-order valence-corrected chi connectivity index (χ1v) is 7.47. The van der Waals surface area contributed by atoms with Crippen LogP contribution in [0.15, 0.2) is 18.2 Å². The third-order valence-corrected chi connectivity index (χ3v) is 3.84. The third kappa shape index (κ3) is 3.84.